The minimum atomic E-state index is -0.145. The number of amides is 1. The Morgan fingerprint density at radius 3 is 2.46 bits per heavy atom. The smallest absolute Gasteiger partial charge is 0.255 e. The van der Waals surface area contributed by atoms with Gasteiger partial charge in [0.25, 0.3) is 5.91 Å². The lowest BCUT2D eigenvalue weighted by Gasteiger charge is -2.08. The van der Waals surface area contributed by atoms with Crippen LogP contribution in [0.15, 0.2) is 60.7 Å². The molecule has 0 bridgehead atoms. The number of rotatable bonds is 2. The summed E-state index contributed by atoms with van der Waals surface area (Å²) in [6, 6.07) is 19.3. The Morgan fingerprint density at radius 2 is 1.68 bits per heavy atom. The first-order valence-corrected chi connectivity index (χ1v) is 9.15. The lowest BCUT2D eigenvalue weighted by Crippen LogP contribution is -2.11. The Labute approximate surface area is 161 Å². The first kappa shape index (κ1) is 16.4. The van der Waals surface area contributed by atoms with Crippen LogP contribution < -0.4 is 5.32 Å². The van der Waals surface area contributed by atoms with Crippen LogP contribution in [-0.2, 0) is 0 Å². The molecule has 0 saturated heterocycles. The minimum absolute atomic E-state index is 0.145. The summed E-state index contributed by atoms with van der Waals surface area (Å²) in [7, 11) is 0. The number of H-pyrrole nitrogens is 1. The Bertz CT molecular complexity index is 1380. The van der Waals surface area contributed by atoms with Crippen LogP contribution in [0.3, 0.4) is 0 Å². The number of benzene rings is 3. The van der Waals surface area contributed by atoms with Crippen LogP contribution in [0.25, 0.3) is 33.1 Å². The van der Waals surface area contributed by atoms with E-state index in [2.05, 4.69) is 22.2 Å². The topological polar surface area (TPSA) is 70.7 Å². The zero-order valence-corrected chi connectivity index (χ0v) is 15.6. The van der Waals surface area contributed by atoms with Crippen molar-refractivity contribution in [3.63, 3.8) is 0 Å². The van der Waals surface area contributed by atoms with E-state index in [1.54, 1.807) is 0 Å². The molecule has 136 valence electrons. The third kappa shape index (κ3) is 2.68. The van der Waals surface area contributed by atoms with Crippen molar-refractivity contribution >= 4 is 44.7 Å². The maximum atomic E-state index is 12.8. The van der Waals surface area contributed by atoms with Gasteiger partial charge in [-0.1, -0.05) is 18.2 Å². The summed E-state index contributed by atoms with van der Waals surface area (Å²) in [6.45, 7) is 4.09. The summed E-state index contributed by atoms with van der Waals surface area (Å²) in [4.78, 5) is 25.5. The molecule has 5 nitrogen and oxygen atoms in total. The summed E-state index contributed by atoms with van der Waals surface area (Å²) >= 11 is 0. The van der Waals surface area contributed by atoms with Gasteiger partial charge < -0.3 is 10.3 Å². The Hall–Kier alpha value is -3.73. The summed E-state index contributed by atoms with van der Waals surface area (Å²) in [5, 5.41) is 3.87. The second-order valence-corrected chi connectivity index (χ2v) is 7.05. The van der Waals surface area contributed by atoms with Crippen molar-refractivity contribution < 1.29 is 4.79 Å². The molecule has 0 aliphatic heterocycles. The van der Waals surface area contributed by atoms with Gasteiger partial charge >= 0.3 is 0 Å². The third-order valence-electron chi connectivity index (χ3n) is 5.13. The number of nitrogens with zero attached hydrogens (tertiary/aromatic N) is 2. The molecule has 5 heteroatoms. The molecule has 0 unspecified atom stereocenters. The third-order valence-corrected chi connectivity index (χ3v) is 5.13. The minimum Gasteiger partial charge on any atom is -0.338 e. The summed E-state index contributed by atoms with van der Waals surface area (Å²) in [5.41, 5.74) is 7.80. The molecular formula is C23H18N4O. The average molecular weight is 366 g/mol. The van der Waals surface area contributed by atoms with Crippen LogP contribution in [0.1, 0.15) is 21.5 Å². The van der Waals surface area contributed by atoms with Crippen molar-refractivity contribution in [1.82, 2.24) is 15.0 Å². The molecule has 1 amide bonds. The normalized spacial score (nSPS) is 11.4. The van der Waals surface area contributed by atoms with E-state index in [0.717, 1.165) is 44.4 Å². The maximum Gasteiger partial charge on any atom is 0.255 e. The van der Waals surface area contributed by atoms with Gasteiger partial charge in [-0.25, -0.2) is 9.97 Å². The van der Waals surface area contributed by atoms with Crippen molar-refractivity contribution in [2.24, 2.45) is 0 Å². The zero-order chi connectivity index (χ0) is 19.3. The van der Waals surface area contributed by atoms with Gasteiger partial charge in [0.15, 0.2) is 5.65 Å². The standard InChI is InChI=1S/C23H18N4O/c1-13-7-9-16(11-14(13)2)24-23(28)15-8-10-18-17(12-15)21-22(26-18)27-20-6-4-3-5-19(20)25-21/h3-12H,1-2H3,(H,24,28)(H,26,27). The van der Waals surface area contributed by atoms with E-state index in [1.807, 2.05) is 67.6 Å². The van der Waals surface area contributed by atoms with E-state index in [-0.39, 0.29) is 5.91 Å². The second-order valence-electron chi connectivity index (χ2n) is 7.05. The molecule has 0 spiro atoms. The molecule has 5 aromatic rings. The van der Waals surface area contributed by atoms with E-state index in [9.17, 15) is 4.79 Å². The van der Waals surface area contributed by atoms with Gasteiger partial charge in [-0.05, 0) is 67.4 Å². The van der Waals surface area contributed by atoms with Gasteiger partial charge in [-0.15, -0.1) is 0 Å². The van der Waals surface area contributed by atoms with Crippen LogP contribution in [-0.4, -0.2) is 20.9 Å². The fourth-order valence-electron chi connectivity index (χ4n) is 3.42. The van der Waals surface area contributed by atoms with Gasteiger partial charge in [-0.3, -0.25) is 4.79 Å². The molecular weight excluding hydrogens is 348 g/mol. The predicted octanol–water partition coefficient (Wildman–Crippen LogP) is 5.13. The van der Waals surface area contributed by atoms with Crippen molar-refractivity contribution in [3.05, 3.63) is 77.4 Å². The zero-order valence-electron chi connectivity index (χ0n) is 15.6. The fourth-order valence-corrected chi connectivity index (χ4v) is 3.42. The molecule has 0 aliphatic rings. The summed E-state index contributed by atoms with van der Waals surface area (Å²) in [5.74, 6) is -0.145. The van der Waals surface area contributed by atoms with Gasteiger partial charge in [0.05, 0.1) is 11.0 Å². The molecule has 0 fully saturated rings. The van der Waals surface area contributed by atoms with Gasteiger partial charge in [0, 0.05) is 22.2 Å². The van der Waals surface area contributed by atoms with E-state index < -0.39 is 0 Å². The number of nitrogens with one attached hydrogen (secondary N) is 2. The largest absolute Gasteiger partial charge is 0.338 e. The number of anilines is 1. The predicted molar refractivity (Wildman–Crippen MR) is 113 cm³/mol. The molecule has 28 heavy (non-hydrogen) atoms. The molecule has 0 radical (unpaired) electrons. The molecule has 2 aromatic heterocycles. The number of aromatic amines is 1. The van der Waals surface area contributed by atoms with Crippen molar-refractivity contribution in [2.75, 3.05) is 5.32 Å². The van der Waals surface area contributed by atoms with Crippen LogP contribution in [0.4, 0.5) is 5.69 Å². The highest BCUT2D eigenvalue weighted by Gasteiger charge is 2.13. The van der Waals surface area contributed by atoms with E-state index in [0.29, 0.717) is 5.56 Å². The Kier molecular flexibility index (Phi) is 3.62. The van der Waals surface area contributed by atoms with Crippen LogP contribution in [0.2, 0.25) is 0 Å². The number of carbonyl (C=O) groups excluding carboxylic acids is 1. The number of hydrogen-bond acceptors (Lipinski definition) is 3. The molecule has 2 N–H and O–H groups in total. The first-order chi connectivity index (χ1) is 13.6. The highest BCUT2D eigenvalue weighted by Crippen LogP contribution is 2.26. The van der Waals surface area contributed by atoms with Crippen LogP contribution in [0.5, 0.6) is 0 Å². The van der Waals surface area contributed by atoms with Crippen molar-refractivity contribution in [2.45, 2.75) is 13.8 Å². The monoisotopic (exact) mass is 366 g/mol. The summed E-state index contributed by atoms with van der Waals surface area (Å²) in [6.07, 6.45) is 0. The number of para-hydroxylation sites is 2. The van der Waals surface area contributed by atoms with Crippen LogP contribution >= 0.6 is 0 Å². The lowest BCUT2D eigenvalue weighted by molar-refractivity contribution is 0.102. The summed E-state index contributed by atoms with van der Waals surface area (Å²) < 4.78 is 0. The maximum absolute atomic E-state index is 12.8. The van der Waals surface area contributed by atoms with Gasteiger partial charge in [0.1, 0.15) is 5.52 Å². The highest BCUT2D eigenvalue weighted by atomic mass is 16.1. The number of carbonyl (C=O) groups is 1. The molecule has 0 aliphatic carbocycles. The van der Waals surface area contributed by atoms with Crippen molar-refractivity contribution in [1.29, 1.82) is 0 Å². The lowest BCUT2D eigenvalue weighted by atomic mass is 10.1. The molecule has 3 aromatic carbocycles. The van der Waals surface area contributed by atoms with E-state index in [1.165, 1.54) is 5.56 Å². The second kappa shape index (κ2) is 6.16. The molecule has 0 saturated carbocycles. The number of hydrogen-bond donors (Lipinski definition) is 2. The van der Waals surface area contributed by atoms with E-state index >= 15 is 0 Å². The molecule has 5 rings (SSSR count). The Morgan fingerprint density at radius 1 is 0.893 bits per heavy atom. The molecule has 2 heterocycles. The SMILES string of the molecule is Cc1ccc(NC(=O)c2ccc3[nH]c4nc5ccccc5nc4c3c2)cc1C. The number of aryl methyl sites for hydroxylation is 2. The van der Waals surface area contributed by atoms with E-state index in [4.69, 9.17) is 4.98 Å². The first-order valence-electron chi connectivity index (χ1n) is 9.15. The Balaban J connectivity index is 1.57. The quantitative estimate of drug-likeness (QED) is 0.455. The molecule has 0 atom stereocenters. The van der Waals surface area contributed by atoms with Gasteiger partial charge in [0.2, 0.25) is 0 Å². The van der Waals surface area contributed by atoms with Gasteiger partial charge in [-0.2, -0.15) is 0 Å². The average Bonchev–Trinajstić information content (AvgIpc) is 3.05. The highest BCUT2D eigenvalue weighted by molar-refractivity contribution is 6.11. The number of fused-ring (bicyclic) bond motifs is 4. The van der Waals surface area contributed by atoms with Crippen molar-refractivity contribution in [3.8, 4) is 0 Å². The number of aromatic nitrogens is 3. The van der Waals surface area contributed by atoms with Crippen LogP contribution in [0, 0.1) is 13.8 Å². The fraction of sp³-hybridized carbons (Fsp3) is 0.0870.